The number of nitrogens with one attached hydrogen (secondary N) is 8. The molecule has 8 atom stereocenters. The number of hydrogen-bond acceptors (Lipinski definition) is 12. The van der Waals surface area contributed by atoms with Crippen LogP contribution < -0.4 is 82.0 Å². The Morgan fingerprint density at radius 3 is 1.06 bits per heavy atom. The number of nitrogens with two attached hydrogens (primary N) is 7. The summed E-state index contributed by atoms with van der Waals surface area (Å²) in [6, 6.07) is -11.8. The van der Waals surface area contributed by atoms with E-state index in [1.165, 1.54) is 0 Å². The zero-order chi connectivity index (χ0) is 53.7. The van der Waals surface area contributed by atoms with Crippen LogP contribution >= 0.6 is 0 Å². The second-order valence-corrected chi connectivity index (χ2v) is 17.7. The fraction of sp³-hybridized carbons (Fsp3) is 0.667. The van der Waals surface area contributed by atoms with Crippen molar-refractivity contribution >= 4 is 82.9 Å². The maximum absolute atomic E-state index is 14.4. The van der Waals surface area contributed by atoms with E-state index < -0.39 is 151 Å². The summed E-state index contributed by atoms with van der Waals surface area (Å²) in [5, 5.41) is 24.9. The van der Waals surface area contributed by atoms with Crippen LogP contribution in [0.3, 0.4) is 0 Å². The Balaban J connectivity index is 2.21. The van der Waals surface area contributed by atoms with Gasteiger partial charge in [-0.15, -0.1) is 0 Å². The van der Waals surface area contributed by atoms with Crippen LogP contribution in [0.2, 0.25) is 0 Å². The number of aliphatic carboxylic acids is 1. The van der Waals surface area contributed by atoms with E-state index >= 15 is 0 Å². The van der Waals surface area contributed by atoms with Crippen LogP contribution in [0.5, 0.6) is 0 Å². The SMILES string of the molecule is NC(=O)CC[C@@H]1NC(=O)[C@@H]2CCCN2C(=O)[C@@H](CCC(=O)O)NC(=O)[C@H](CCC[NH+]=C(N)N)NC(=O)[C@@H](CCC(N)=O)NC(=O)[C@H]2CCCN2C(=O)[C@H](CCC(N)=O)NC(=O)[C@@H](CCC[NH+]=C(N)N)NC1=O. The molecule has 30 heteroatoms. The molecule has 0 bridgehead atoms. The molecule has 11 amide bonds. The molecule has 400 valence electrons. The summed E-state index contributed by atoms with van der Waals surface area (Å²) < 4.78 is 0. The van der Waals surface area contributed by atoms with E-state index in [1.54, 1.807) is 0 Å². The summed E-state index contributed by atoms with van der Waals surface area (Å²) in [5.74, 6) is -11.6. The molecule has 3 heterocycles. The number of carbonyl (C=O) groups excluding carboxylic acids is 11. The van der Waals surface area contributed by atoms with Gasteiger partial charge in [-0.2, -0.15) is 0 Å². The summed E-state index contributed by atoms with van der Waals surface area (Å²) >= 11 is 0. The van der Waals surface area contributed by atoms with Crippen LogP contribution in [0.15, 0.2) is 0 Å². The number of fused-ring (bicyclic) bond motifs is 2. The second-order valence-electron chi connectivity index (χ2n) is 17.7. The molecule has 0 aromatic carbocycles. The van der Waals surface area contributed by atoms with Crippen LogP contribution in [0, 0.1) is 0 Å². The van der Waals surface area contributed by atoms with Crippen molar-refractivity contribution in [3.05, 3.63) is 0 Å². The van der Waals surface area contributed by atoms with Crippen molar-refractivity contribution in [1.29, 1.82) is 0 Å². The molecule has 0 spiro atoms. The van der Waals surface area contributed by atoms with Crippen LogP contribution in [-0.4, -0.2) is 172 Å². The van der Waals surface area contributed by atoms with Gasteiger partial charge < -0.3 is 64.0 Å². The van der Waals surface area contributed by atoms with Gasteiger partial charge in [0.25, 0.3) is 0 Å². The Morgan fingerprint density at radius 2 is 0.736 bits per heavy atom. The standard InChI is InChI=1S/C42H69N17O13/c43-29(60)13-9-23-35(67)52-21(5-1-17-50-41(46)47)33(65)56-25(11-15-31(45)62)39(71)58-19-3-7-27(58)37(69)54-24(10-14-30(44)61)36(68)53-22(6-2-18-51-42(48)49)34(66)57-26(12-16-32(63)64)40(72)59-20-4-8-28(59)38(70)55-23/h21-28H,1-20H2,(H2,43,60)(H2,44,61)(H2,45,62)(H,52,67)(H,53,68)(H,54,69)(H,55,70)(H,56,65)(H,57,66)(H,63,64)(H4,46,47,50)(H4,48,49,51)/p+2/t21-,22+,23+,24-,25+,26-,27-,28+/m1/s1. The molecule has 3 saturated heterocycles. The highest BCUT2D eigenvalue weighted by atomic mass is 16.4. The van der Waals surface area contributed by atoms with E-state index in [1.807, 2.05) is 0 Å². The van der Waals surface area contributed by atoms with Crippen LogP contribution in [0.4, 0.5) is 0 Å². The van der Waals surface area contributed by atoms with E-state index in [-0.39, 0.29) is 109 Å². The molecule has 0 radical (unpaired) electrons. The molecular formula is C42H71N17O13+2. The van der Waals surface area contributed by atoms with Crippen molar-refractivity contribution in [3.8, 4) is 0 Å². The molecule has 0 aromatic heterocycles. The third-order valence-electron chi connectivity index (χ3n) is 12.1. The molecule has 30 nitrogen and oxygen atoms in total. The number of nitrogens with zero attached hydrogens (tertiary/aromatic N) is 2. The molecule has 3 aliphatic heterocycles. The Morgan fingerprint density at radius 1 is 0.444 bits per heavy atom. The minimum absolute atomic E-state index is 0.0324. The van der Waals surface area contributed by atoms with Gasteiger partial charge in [0.05, 0.1) is 13.1 Å². The first-order chi connectivity index (χ1) is 34.0. The van der Waals surface area contributed by atoms with Gasteiger partial charge in [-0.25, -0.2) is 0 Å². The fourth-order valence-electron chi connectivity index (χ4n) is 8.43. The van der Waals surface area contributed by atoms with Gasteiger partial charge in [-0.05, 0) is 77.0 Å². The Labute approximate surface area is 413 Å². The van der Waals surface area contributed by atoms with Crippen LogP contribution in [0.1, 0.15) is 103 Å². The lowest BCUT2D eigenvalue weighted by atomic mass is 10.0. The fourth-order valence-corrected chi connectivity index (χ4v) is 8.43. The second kappa shape index (κ2) is 28.7. The molecule has 0 aromatic rings. The first-order valence-electron chi connectivity index (χ1n) is 23.7. The van der Waals surface area contributed by atoms with Crippen molar-refractivity contribution < 1.29 is 72.6 Å². The van der Waals surface area contributed by atoms with Gasteiger partial charge >= 0.3 is 17.9 Å². The van der Waals surface area contributed by atoms with Crippen molar-refractivity contribution in [1.82, 2.24) is 41.7 Å². The molecule has 3 aliphatic rings. The van der Waals surface area contributed by atoms with E-state index in [2.05, 4.69) is 41.9 Å². The van der Waals surface area contributed by atoms with E-state index in [0.717, 1.165) is 9.80 Å². The molecule has 0 unspecified atom stereocenters. The highest BCUT2D eigenvalue weighted by molar-refractivity contribution is 5.99. The monoisotopic (exact) mass is 1020 g/mol. The van der Waals surface area contributed by atoms with Gasteiger partial charge in [-0.3, -0.25) is 90.5 Å². The molecule has 0 saturated carbocycles. The van der Waals surface area contributed by atoms with E-state index in [9.17, 15) is 62.6 Å². The number of carboxylic acids is 1. The normalized spacial score (nSPS) is 24.9. The van der Waals surface area contributed by atoms with Gasteiger partial charge in [-0.1, -0.05) is 0 Å². The first kappa shape index (κ1) is 58.5. The lowest BCUT2D eigenvalue weighted by Gasteiger charge is -2.32. The molecule has 3 fully saturated rings. The number of hydrogen-bond donors (Lipinski definition) is 16. The average Bonchev–Trinajstić information content (AvgIpc) is 4.01. The zero-order valence-electron chi connectivity index (χ0n) is 40.0. The quantitative estimate of drug-likeness (QED) is 0.0306. The average molecular weight is 1020 g/mol. The van der Waals surface area contributed by atoms with Gasteiger partial charge in [0.1, 0.15) is 48.3 Å². The third kappa shape index (κ3) is 19.2. The van der Waals surface area contributed by atoms with Crippen molar-refractivity contribution in [2.45, 2.75) is 151 Å². The van der Waals surface area contributed by atoms with Gasteiger partial charge in [0.15, 0.2) is 0 Å². The Bertz CT molecular complexity index is 1950. The zero-order valence-corrected chi connectivity index (χ0v) is 40.0. The summed E-state index contributed by atoms with van der Waals surface area (Å²) in [5.41, 5.74) is 38.4. The summed E-state index contributed by atoms with van der Waals surface area (Å²) in [4.78, 5) is 169. The highest BCUT2D eigenvalue weighted by Gasteiger charge is 2.42. The number of amides is 11. The number of carboxylic acid groups (broad SMARTS) is 1. The Kier molecular flexibility index (Phi) is 23.4. The smallest absolute Gasteiger partial charge is 0.338 e. The number of guanidine groups is 2. The first-order valence-corrected chi connectivity index (χ1v) is 23.7. The van der Waals surface area contributed by atoms with Crippen molar-refractivity contribution in [3.63, 3.8) is 0 Å². The van der Waals surface area contributed by atoms with Crippen molar-refractivity contribution in [2.24, 2.45) is 40.1 Å². The summed E-state index contributed by atoms with van der Waals surface area (Å²) in [7, 11) is 0. The number of rotatable bonds is 20. The predicted molar refractivity (Wildman–Crippen MR) is 250 cm³/mol. The molecule has 23 N–H and O–H groups in total. The van der Waals surface area contributed by atoms with E-state index in [0.29, 0.717) is 0 Å². The Hall–Kier alpha value is -7.82. The van der Waals surface area contributed by atoms with Crippen LogP contribution in [-0.2, 0) is 57.5 Å². The predicted octanol–water partition coefficient (Wildman–Crippen LogP) is -11.2. The molecule has 72 heavy (non-hydrogen) atoms. The lowest BCUT2D eigenvalue weighted by Crippen LogP contribution is -2.78. The minimum atomic E-state index is -1.60. The van der Waals surface area contributed by atoms with E-state index in [4.69, 9.17) is 40.1 Å². The molecular weight excluding hydrogens is 951 g/mol. The third-order valence-corrected chi connectivity index (χ3v) is 12.1. The lowest BCUT2D eigenvalue weighted by molar-refractivity contribution is -0.460. The number of carbonyl (C=O) groups is 12. The largest absolute Gasteiger partial charge is 0.481 e. The molecule has 3 rings (SSSR count). The molecule has 0 aliphatic carbocycles. The maximum atomic E-state index is 14.4. The summed E-state index contributed by atoms with van der Waals surface area (Å²) in [6.45, 7) is 0.0800. The van der Waals surface area contributed by atoms with Gasteiger partial charge in [0.2, 0.25) is 65.0 Å². The van der Waals surface area contributed by atoms with Gasteiger partial charge in [0, 0.05) is 38.8 Å². The minimum Gasteiger partial charge on any atom is -0.481 e. The number of primary amides is 3. The highest BCUT2D eigenvalue weighted by Crippen LogP contribution is 2.22. The van der Waals surface area contributed by atoms with Crippen molar-refractivity contribution in [2.75, 3.05) is 26.2 Å². The topological polar surface area (TPSA) is 514 Å². The van der Waals surface area contributed by atoms with Crippen LogP contribution in [0.25, 0.3) is 0 Å². The summed E-state index contributed by atoms with van der Waals surface area (Å²) in [6.07, 6.45) is -3.09. The maximum Gasteiger partial charge on any atom is 0.338 e.